The fourth-order valence-electron chi connectivity index (χ4n) is 3.90. The third-order valence-electron chi connectivity index (χ3n) is 5.59. The van der Waals surface area contributed by atoms with E-state index in [4.69, 9.17) is 14.5 Å². The van der Waals surface area contributed by atoms with E-state index in [1.165, 1.54) is 11.3 Å². The number of rotatable bonds is 6. The van der Waals surface area contributed by atoms with Crippen LogP contribution >= 0.6 is 11.3 Å². The number of pyridine rings is 1. The van der Waals surface area contributed by atoms with Crippen molar-refractivity contribution in [2.45, 2.75) is 6.92 Å². The highest BCUT2D eigenvalue weighted by molar-refractivity contribution is 7.22. The Balaban J connectivity index is 1.31. The number of aryl methyl sites for hydroxylation is 1. The van der Waals surface area contributed by atoms with Crippen molar-refractivity contribution in [3.05, 3.63) is 66.0 Å². The Kier molecular flexibility index (Phi) is 6.29. The highest BCUT2D eigenvalue weighted by Gasteiger charge is 2.14. The first-order valence-corrected chi connectivity index (χ1v) is 11.9. The van der Waals surface area contributed by atoms with Crippen molar-refractivity contribution in [3.63, 3.8) is 0 Å². The van der Waals surface area contributed by atoms with Gasteiger partial charge in [0.1, 0.15) is 17.2 Å². The molecular formula is C25H25N5O3S. The minimum atomic E-state index is -0.257. The maximum absolute atomic E-state index is 11.8. The van der Waals surface area contributed by atoms with E-state index in [1.54, 1.807) is 36.7 Å². The van der Waals surface area contributed by atoms with E-state index < -0.39 is 0 Å². The number of nitrogens with zero attached hydrogens (tertiary/aromatic N) is 3. The van der Waals surface area contributed by atoms with E-state index in [0.29, 0.717) is 17.2 Å². The number of fused-ring (bicyclic) bond motifs is 1. The fraction of sp³-hybridized carbons (Fsp3) is 0.240. The minimum Gasteiger partial charge on any atom is -0.457 e. The van der Waals surface area contributed by atoms with Crippen molar-refractivity contribution in [1.82, 2.24) is 15.3 Å². The molecule has 2 aromatic carbocycles. The summed E-state index contributed by atoms with van der Waals surface area (Å²) in [5.74, 6) is 0.960. The van der Waals surface area contributed by atoms with E-state index in [9.17, 15) is 4.79 Å². The zero-order chi connectivity index (χ0) is 23.5. The molecule has 34 heavy (non-hydrogen) atoms. The quantitative estimate of drug-likeness (QED) is 0.417. The van der Waals surface area contributed by atoms with Gasteiger partial charge in [0.05, 0.1) is 23.4 Å². The van der Waals surface area contributed by atoms with E-state index in [1.807, 2.05) is 18.2 Å². The van der Waals surface area contributed by atoms with Gasteiger partial charge in [-0.05, 0) is 48.9 Å². The number of nitrogens with one attached hydrogen (secondary N) is 2. The molecule has 0 radical (unpaired) electrons. The minimum absolute atomic E-state index is 0.257. The average Bonchev–Trinajstić information content (AvgIpc) is 3.26. The number of carbonyl (C=O) groups excluding carboxylic acids is 1. The number of carbonyl (C=O) groups is 1. The highest BCUT2D eigenvalue weighted by Crippen LogP contribution is 2.33. The number of ether oxygens (including phenoxy) is 2. The number of amides is 1. The van der Waals surface area contributed by atoms with Crippen LogP contribution in [0.2, 0.25) is 0 Å². The van der Waals surface area contributed by atoms with Crippen molar-refractivity contribution < 1.29 is 14.3 Å². The van der Waals surface area contributed by atoms with Gasteiger partial charge in [-0.25, -0.2) is 4.98 Å². The molecule has 8 nitrogen and oxygen atoms in total. The van der Waals surface area contributed by atoms with E-state index in [2.05, 4.69) is 45.6 Å². The summed E-state index contributed by atoms with van der Waals surface area (Å²) in [6.45, 7) is 5.51. The molecule has 0 spiro atoms. The summed E-state index contributed by atoms with van der Waals surface area (Å²) in [4.78, 5) is 23.0. The Bertz CT molecular complexity index is 1330. The van der Waals surface area contributed by atoms with Gasteiger partial charge >= 0.3 is 0 Å². The molecule has 0 aliphatic carbocycles. The second-order valence-electron chi connectivity index (χ2n) is 7.93. The van der Waals surface area contributed by atoms with Gasteiger partial charge in [-0.15, -0.1) is 0 Å². The topological polar surface area (TPSA) is 88.6 Å². The zero-order valence-corrected chi connectivity index (χ0v) is 19.8. The first kappa shape index (κ1) is 22.1. The third-order valence-corrected chi connectivity index (χ3v) is 6.52. The van der Waals surface area contributed by atoms with Crippen LogP contribution in [0.4, 0.5) is 16.5 Å². The lowest BCUT2D eigenvalue weighted by atomic mass is 10.1. The molecule has 4 aromatic rings. The molecule has 0 saturated carbocycles. The molecule has 174 valence electrons. The molecule has 2 N–H and O–H groups in total. The number of thiazole rings is 1. The molecule has 1 amide bonds. The van der Waals surface area contributed by atoms with Crippen LogP contribution in [-0.2, 0) is 4.74 Å². The molecule has 1 aliphatic heterocycles. The van der Waals surface area contributed by atoms with Crippen LogP contribution in [0.25, 0.3) is 10.2 Å². The Hall–Kier alpha value is -3.69. The summed E-state index contributed by atoms with van der Waals surface area (Å²) in [5.41, 5.74) is 4.67. The molecule has 1 saturated heterocycles. The van der Waals surface area contributed by atoms with E-state index in [-0.39, 0.29) is 5.91 Å². The Labute approximate surface area is 201 Å². The lowest BCUT2D eigenvalue weighted by molar-refractivity contribution is 0.0958. The highest BCUT2D eigenvalue weighted by atomic mass is 32.1. The molecule has 1 fully saturated rings. The monoisotopic (exact) mass is 475 g/mol. The number of hydrogen-bond donors (Lipinski definition) is 2. The standard InChI is InChI=1S/C25H25N5O3S/c1-16-13-17(3-6-22(16)30-9-11-32-12-10-30)28-25-29-20-5-4-18(15-23(20)34-25)33-19-7-8-27-21(14-19)24(31)26-2/h3-8,13-15H,9-12H2,1-2H3,(H,26,31)(H,28,29). The van der Waals surface area contributed by atoms with Gasteiger partial charge in [-0.3, -0.25) is 9.78 Å². The molecule has 0 unspecified atom stereocenters. The molecular weight excluding hydrogens is 450 g/mol. The zero-order valence-electron chi connectivity index (χ0n) is 19.0. The van der Waals surface area contributed by atoms with Crippen molar-refractivity contribution in [1.29, 1.82) is 0 Å². The molecule has 0 atom stereocenters. The lowest BCUT2D eigenvalue weighted by Gasteiger charge is -2.30. The van der Waals surface area contributed by atoms with Crippen molar-refractivity contribution >= 4 is 44.0 Å². The molecule has 5 rings (SSSR count). The number of benzene rings is 2. The smallest absolute Gasteiger partial charge is 0.269 e. The largest absolute Gasteiger partial charge is 0.457 e. The van der Waals surface area contributed by atoms with Gasteiger partial charge in [0, 0.05) is 49.8 Å². The maximum atomic E-state index is 11.8. The first-order valence-electron chi connectivity index (χ1n) is 11.1. The Morgan fingerprint density at radius 2 is 1.91 bits per heavy atom. The van der Waals surface area contributed by atoms with Gasteiger partial charge in [0.15, 0.2) is 5.13 Å². The second-order valence-corrected chi connectivity index (χ2v) is 8.96. The molecule has 0 bridgehead atoms. The predicted octanol–water partition coefficient (Wildman–Crippen LogP) is 4.73. The lowest BCUT2D eigenvalue weighted by Crippen LogP contribution is -2.36. The normalized spacial score (nSPS) is 13.6. The molecule has 3 heterocycles. The Morgan fingerprint density at radius 3 is 2.71 bits per heavy atom. The van der Waals surface area contributed by atoms with Crippen LogP contribution in [0.15, 0.2) is 54.7 Å². The molecule has 2 aromatic heterocycles. The second kappa shape index (κ2) is 9.66. The van der Waals surface area contributed by atoms with E-state index >= 15 is 0 Å². The summed E-state index contributed by atoms with van der Waals surface area (Å²) in [6.07, 6.45) is 1.56. The van der Waals surface area contributed by atoms with Crippen LogP contribution in [0.3, 0.4) is 0 Å². The number of anilines is 3. The van der Waals surface area contributed by atoms with Gasteiger partial charge in [-0.2, -0.15) is 0 Å². The maximum Gasteiger partial charge on any atom is 0.269 e. The average molecular weight is 476 g/mol. The fourth-order valence-corrected chi connectivity index (χ4v) is 4.82. The molecule has 9 heteroatoms. The van der Waals surface area contributed by atoms with Crippen LogP contribution in [0.5, 0.6) is 11.5 Å². The summed E-state index contributed by atoms with van der Waals surface area (Å²) < 4.78 is 12.4. The molecule has 1 aliphatic rings. The van der Waals surface area contributed by atoms with E-state index in [0.717, 1.165) is 47.3 Å². The summed E-state index contributed by atoms with van der Waals surface area (Å²) >= 11 is 1.56. The van der Waals surface area contributed by atoms with Crippen LogP contribution in [0.1, 0.15) is 16.1 Å². The van der Waals surface area contributed by atoms with Crippen LogP contribution < -0.4 is 20.3 Å². The van der Waals surface area contributed by atoms with Gasteiger partial charge in [0.2, 0.25) is 0 Å². The Morgan fingerprint density at radius 1 is 1.09 bits per heavy atom. The van der Waals surface area contributed by atoms with Gasteiger partial charge < -0.3 is 25.0 Å². The van der Waals surface area contributed by atoms with Gasteiger partial charge in [0.25, 0.3) is 5.91 Å². The third kappa shape index (κ3) is 4.80. The predicted molar refractivity (Wildman–Crippen MR) is 135 cm³/mol. The number of morpholine rings is 1. The van der Waals surface area contributed by atoms with Gasteiger partial charge in [-0.1, -0.05) is 11.3 Å². The van der Waals surface area contributed by atoms with Crippen LogP contribution in [0, 0.1) is 6.92 Å². The summed E-state index contributed by atoms with van der Waals surface area (Å²) in [7, 11) is 1.57. The summed E-state index contributed by atoms with van der Waals surface area (Å²) in [6, 6.07) is 15.5. The SMILES string of the molecule is CNC(=O)c1cc(Oc2ccc3nc(Nc4ccc(N5CCOCC5)c(C)c4)sc3c2)ccn1. The number of hydrogen-bond acceptors (Lipinski definition) is 8. The first-order chi connectivity index (χ1) is 16.6. The van der Waals surface area contributed by atoms with Crippen molar-refractivity contribution in [3.8, 4) is 11.5 Å². The van der Waals surface area contributed by atoms with Crippen molar-refractivity contribution in [2.24, 2.45) is 0 Å². The number of aromatic nitrogens is 2. The van der Waals surface area contributed by atoms with Crippen molar-refractivity contribution in [2.75, 3.05) is 43.6 Å². The summed E-state index contributed by atoms with van der Waals surface area (Å²) in [5, 5.41) is 6.81. The van der Waals surface area contributed by atoms with Crippen LogP contribution in [-0.4, -0.2) is 49.2 Å².